The number of hydrogen-bond acceptors (Lipinski definition) is 3. The maximum Gasteiger partial charge on any atom is 0.251 e. The normalized spacial score (nSPS) is 27.0. The summed E-state index contributed by atoms with van der Waals surface area (Å²) in [6, 6.07) is 3.39. The number of fused-ring (bicyclic) bond motifs is 1. The minimum atomic E-state index is -0.613. The van der Waals surface area contributed by atoms with Crippen LogP contribution in [-0.4, -0.2) is 41.0 Å². The van der Waals surface area contributed by atoms with Crippen LogP contribution in [0.15, 0.2) is 18.3 Å². The molecule has 0 radical (unpaired) electrons. The highest BCUT2D eigenvalue weighted by atomic mass is 19.1. The third kappa shape index (κ3) is 2.61. The molecule has 1 amide bonds. The number of halogens is 1. The standard InChI is InChI=1S/C14H18FN3O/c15-13-9-10(4-6-16-13)14(19)17-11-5-8-18-7-2-1-3-12(11)18/h4,6,9,11-12H,1-3,5,7-8H2,(H,17,19). The Morgan fingerprint density at radius 3 is 3.11 bits per heavy atom. The van der Waals surface area contributed by atoms with Crippen molar-refractivity contribution in [3.05, 3.63) is 29.8 Å². The maximum atomic E-state index is 13.0. The number of nitrogens with zero attached hydrogens (tertiary/aromatic N) is 2. The number of carbonyl (C=O) groups excluding carboxylic acids is 1. The molecule has 5 heteroatoms. The van der Waals surface area contributed by atoms with E-state index in [0.29, 0.717) is 11.6 Å². The first kappa shape index (κ1) is 12.5. The van der Waals surface area contributed by atoms with Gasteiger partial charge in [0.25, 0.3) is 5.91 Å². The highest BCUT2D eigenvalue weighted by Crippen LogP contribution is 2.27. The average Bonchev–Trinajstić information content (AvgIpc) is 2.82. The van der Waals surface area contributed by atoms with Gasteiger partial charge in [0, 0.05) is 36.5 Å². The van der Waals surface area contributed by atoms with E-state index >= 15 is 0 Å². The zero-order chi connectivity index (χ0) is 13.2. The second kappa shape index (κ2) is 5.25. The number of aromatic nitrogens is 1. The summed E-state index contributed by atoms with van der Waals surface area (Å²) in [6.07, 6.45) is 5.95. The highest BCUT2D eigenvalue weighted by Gasteiger charge is 2.36. The molecule has 3 rings (SSSR count). The molecule has 3 heterocycles. The fourth-order valence-electron chi connectivity index (χ4n) is 3.21. The van der Waals surface area contributed by atoms with Crippen LogP contribution < -0.4 is 5.32 Å². The van der Waals surface area contributed by atoms with Crippen LogP contribution in [0.5, 0.6) is 0 Å². The molecule has 2 aliphatic rings. The van der Waals surface area contributed by atoms with Crippen LogP contribution in [0.4, 0.5) is 4.39 Å². The summed E-state index contributed by atoms with van der Waals surface area (Å²) in [4.78, 5) is 18.0. The van der Waals surface area contributed by atoms with Gasteiger partial charge in [-0.1, -0.05) is 6.42 Å². The Morgan fingerprint density at radius 2 is 2.26 bits per heavy atom. The molecule has 2 unspecified atom stereocenters. The summed E-state index contributed by atoms with van der Waals surface area (Å²) < 4.78 is 13.0. The van der Waals surface area contributed by atoms with Gasteiger partial charge in [-0.25, -0.2) is 4.98 Å². The Morgan fingerprint density at radius 1 is 1.37 bits per heavy atom. The van der Waals surface area contributed by atoms with Gasteiger partial charge in [0.2, 0.25) is 5.95 Å². The third-order valence-electron chi connectivity index (χ3n) is 4.16. The third-order valence-corrected chi connectivity index (χ3v) is 4.16. The van der Waals surface area contributed by atoms with E-state index < -0.39 is 5.95 Å². The Labute approximate surface area is 112 Å². The van der Waals surface area contributed by atoms with Crippen LogP contribution in [0.25, 0.3) is 0 Å². The van der Waals surface area contributed by atoms with Crippen LogP contribution in [-0.2, 0) is 0 Å². The molecule has 4 nitrogen and oxygen atoms in total. The molecule has 2 aliphatic heterocycles. The minimum absolute atomic E-state index is 0.196. The van der Waals surface area contributed by atoms with E-state index in [1.807, 2.05) is 0 Å². The van der Waals surface area contributed by atoms with E-state index in [1.54, 1.807) is 6.07 Å². The molecule has 1 N–H and O–H groups in total. The highest BCUT2D eigenvalue weighted by molar-refractivity contribution is 5.94. The first-order chi connectivity index (χ1) is 9.24. The van der Waals surface area contributed by atoms with Gasteiger partial charge in [0.15, 0.2) is 0 Å². The second-order valence-electron chi connectivity index (χ2n) is 5.33. The molecule has 0 aromatic carbocycles. The Bertz CT molecular complexity index is 480. The van der Waals surface area contributed by atoms with E-state index in [2.05, 4.69) is 15.2 Å². The Balaban J connectivity index is 1.66. The van der Waals surface area contributed by atoms with E-state index in [-0.39, 0.29) is 11.9 Å². The molecule has 0 aliphatic carbocycles. The first-order valence-corrected chi connectivity index (χ1v) is 6.90. The number of amides is 1. The van der Waals surface area contributed by atoms with Crippen LogP contribution in [0, 0.1) is 5.95 Å². The smallest absolute Gasteiger partial charge is 0.251 e. The first-order valence-electron chi connectivity index (χ1n) is 6.90. The molecule has 2 saturated heterocycles. The molecule has 102 valence electrons. The number of nitrogens with one attached hydrogen (secondary N) is 1. The summed E-state index contributed by atoms with van der Waals surface area (Å²) in [5, 5.41) is 3.05. The fourth-order valence-corrected chi connectivity index (χ4v) is 3.21. The van der Waals surface area contributed by atoms with Crippen molar-refractivity contribution >= 4 is 5.91 Å². The van der Waals surface area contributed by atoms with Crippen LogP contribution >= 0.6 is 0 Å². The predicted molar refractivity (Wildman–Crippen MR) is 69.3 cm³/mol. The number of piperidine rings is 1. The van der Waals surface area contributed by atoms with E-state index in [1.165, 1.54) is 25.1 Å². The lowest BCUT2D eigenvalue weighted by atomic mass is 9.99. The van der Waals surface area contributed by atoms with Crippen molar-refractivity contribution in [1.82, 2.24) is 15.2 Å². The van der Waals surface area contributed by atoms with Crippen molar-refractivity contribution in [2.75, 3.05) is 13.1 Å². The summed E-state index contributed by atoms with van der Waals surface area (Å²) in [6.45, 7) is 2.20. The van der Waals surface area contributed by atoms with Crippen molar-refractivity contribution in [2.24, 2.45) is 0 Å². The molecule has 0 saturated carbocycles. The lowest BCUT2D eigenvalue weighted by Crippen LogP contribution is -2.46. The van der Waals surface area contributed by atoms with Gasteiger partial charge in [0.1, 0.15) is 0 Å². The average molecular weight is 263 g/mol. The molecule has 19 heavy (non-hydrogen) atoms. The largest absolute Gasteiger partial charge is 0.348 e. The minimum Gasteiger partial charge on any atom is -0.348 e. The lowest BCUT2D eigenvalue weighted by Gasteiger charge is -2.32. The molecule has 0 spiro atoms. The van der Waals surface area contributed by atoms with Crippen LogP contribution in [0.1, 0.15) is 36.0 Å². The fraction of sp³-hybridized carbons (Fsp3) is 0.571. The predicted octanol–water partition coefficient (Wildman–Crippen LogP) is 1.58. The van der Waals surface area contributed by atoms with Crippen molar-refractivity contribution in [3.63, 3.8) is 0 Å². The lowest BCUT2D eigenvalue weighted by molar-refractivity contribution is 0.0914. The van der Waals surface area contributed by atoms with Crippen molar-refractivity contribution in [1.29, 1.82) is 0 Å². The number of pyridine rings is 1. The van der Waals surface area contributed by atoms with Crippen LogP contribution in [0.3, 0.4) is 0 Å². The van der Waals surface area contributed by atoms with Gasteiger partial charge in [0.05, 0.1) is 0 Å². The van der Waals surface area contributed by atoms with Gasteiger partial charge in [-0.2, -0.15) is 4.39 Å². The maximum absolute atomic E-state index is 13.0. The van der Waals surface area contributed by atoms with Gasteiger partial charge in [-0.3, -0.25) is 9.69 Å². The van der Waals surface area contributed by atoms with Crippen molar-refractivity contribution < 1.29 is 9.18 Å². The number of rotatable bonds is 2. The topological polar surface area (TPSA) is 45.2 Å². The van der Waals surface area contributed by atoms with Crippen LogP contribution in [0.2, 0.25) is 0 Å². The molecule has 1 aromatic heterocycles. The monoisotopic (exact) mass is 263 g/mol. The zero-order valence-corrected chi connectivity index (χ0v) is 10.8. The second-order valence-corrected chi connectivity index (χ2v) is 5.33. The molecule has 2 fully saturated rings. The van der Waals surface area contributed by atoms with Crippen molar-refractivity contribution in [3.8, 4) is 0 Å². The summed E-state index contributed by atoms with van der Waals surface area (Å²) in [5.41, 5.74) is 0.349. The zero-order valence-electron chi connectivity index (χ0n) is 10.8. The van der Waals surface area contributed by atoms with E-state index in [9.17, 15) is 9.18 Å². The van der Waals surface area contributed by atoms with Gasteiger partial charge >= 0.3 is 0 Å². The van der Waals surface area contributed by atoms with Gasteiger partial charge in [-0.05, 0) is 31.9 Å². The van der Waals surface area contributed by atoms with E-state index in [0.717, 1.165) is 25.9 Å². The Hall–Kier alpha value is -1.49. The molecule has 1 aromatic rings. The summed E-state index contributed by atoms with van der Waals surface area (Å²) >= 11 is 0. The van der Waals surface area contributed by atoms with Gasteiger partial charge in [-0.15, -0.1) is 0 Å². The summed E-state index contributed by atoms with van der Waals surface area (Å²) in [5.74, 6) is -0.808. The van der Waals surface area contributed by atoms with Gasteiger partial charge < -0.3 is 5.32 Å². The summed E-state index contributed by atoms with van der Waals surface area (Å²) in [7, 11) is 0. The molecule has 0 bridgehead atoms. The molecular formula is C14H18FN3O. The number of carbonyl (C=O) groups is 1. The Kier molecular flexibility index (Phi) is 3.46. The molecule has 2 atom stereocenters. The quantitative estimate of drug-likeness (QED) is 0.824. The van der Waals surface area contributed by atoms with E-state index in [4.69, 9.17) is 0 Å². The SMILES string of the molecule is O=C(NC1CCN2CCCCC12)c1ccnc(F)c1. The molecular weight excluding hydrogens is 245 g/mol. The van der Waals surface area contributed by atoms with Crippen molar-refractivity contribution in [2.45, 2.75) is 37.8 Å². The number of hydrogen-bond donors (Lipinski definition) is 1.